The van der Waals surface area contributed by atoms with Crippen LogP contribution in [0, 0.1) is 0 Å². The molecule has 2 aliphatic heterocycles. The summed E-state index contributed by atoms with van der Waals surface area (Å²) in [6.45, 7) is 7.64. The molecule has 34 heavy (non-hydrogen) atoms. The number of anilines is 1. The van der Waals surface area contributed by atoms with E-state index in [-0.39, 0.29) is 23.8 Å². The normalized spacial score (nSPS) is 18.4. The number of carbonyl (C=O) groups is 2. The number of hydrogen-bond donors (Lipinski definition) is 0. The van der Waals surface area contributed by atoms with E-state index in [9.17, 15) is 9.59 Å². The molecule has 1 atom stereocenters. The lowest BCUT2D eigenvalue weighted by atomic mass is 9.98. The zero-order valence-electron chi connectivity index (χ0n) is 19.8. The number of rotatable bonds is 4. The second-order valence-corrected chi connectivity index (χ2v) is 9.23. The van der Waals surface area contributed by atoms with Gasteiger partial charge in [0.1, 0.15) is 12.0 Å². The predicted molar refractivity (Wildman–Crippen MR) is 128 cm³/mol. The van der Waals surface area contributed by atoms with Gasteiger partial charge in [-0.2, -0.15) is 5.10 Å². The zero-order valence-corrected chi connectivity index (χ0v) is 19.8. The summed E-state index contributed by atoms with van der Waals surface area (Å²) in [5.41, 5.74) is 2.68. The predicted octanol–water partition coefficient (Wildman–Crippen LogP) is 2.43. The molecule has 1 saturated heterocycles. The van der Waals surface area contributed by atoms with Crippen molar-refractivity contribution in [2.75, 3.05) is 44.7 Å². The summed E-state index contributed by atoms with van der Waals surface area (Å²) in [6, 6.07) is 11.1. The lowest BCUT2D eigenvalue weighted by Crippen LogP contribution is -2.47. The second kappa shape index (κ2) is 8.98. The Bertz CT molecular complexity index is 1200. The molecule has 2 amide bonds. The molecule has 0 aliphatic carbocycles. The molecule has 9 nitrogen and oxygen atoms in total. The van der Waals surface area contributed by atoms with Crippen molar-refractivity contribution in [2.24, 2.45) is 0 Å². The average molecular weight is 460 g/mol. The maximum atomic E-state index is 13.3. The Labute approximate surface area is 199 Å². The minimum absolute atomic E-state index is 0.0184. The van der Waals surface area contributed by atoms with Crippen LogP contribution in [0.1, 0.15) is 58.0 Å². The van der Waals surface area contributed by atoms with Crippen molar-refractivity contribution < 1.29 is 9.59 Å². The topological polar surface area (TPSA) is 87.5 Å². The third-order valence-corrected chi connectivity index (χ3v) is 6.59. The van der Waals surface area contributed by atoms with E-state index in [1.165, 1.54) is 0 Å². The molecule has 1 fully saturated rings. The van der Waals surface area contributed by atoms with E-state index in [0.717, 1.165) is 24.3 Å². The van der Waals surface area contributed by atoms with Gasteiger partial charge in [0, 0.05) is 56.2 Å². The van der Waals surface area contributed by atoms with Crippen LogP contribution < -0.4 is 4.90 Å². The largest absolute Gasteiger partial charge is 0.336 e. The maximum Gasteiger partial charge on any atom is 0.276 e. The number of piperazine rings is 1. The van der Waals surface area contributed by atoms with Crippen LogP contribution in [0.15, 0.2) is 48.9 Å². The fourth-order valence-electron chi connectivity index (χ4n) is 4.52. The number of pyridine rings is 1. The number of amides is 2. The van der Waals surface area contributed by atoms with Crippen LogP contribution in [-0.2, 0) is 0 Å². The Balaban J connectivity index is 1.51. The van der Waals surface area contributed by atoms with E-state index < -0.39 is 0 Å². The van der Waals surface area contributed by atoms with Crippen molar-refractivity contribution in [2.45, 2.75) is 25.8 Å². The molecule has 0 bridgehead atoms. The Morgan fingerprint density at radius 3 is 2.47 bits per heavy atom. The first-order chi connectivity index (χ1) is 16.4. The van der Waals surface area contributed by atoms with Gasteiger partial charge in [0.15, 0.2) is 5.82 Å². The number of aromatic nitrogens is 4. The van der Waals surface area contributed by atoms with Crippen molar-refractivity contribution in [3.05, 3.63) is 71.6 Å². The Hall–Kier alpha value is -3.59. The summed E-state index contributed by atoms with van der Waals surface area (Å²) in [5.74, 6) is 0.272. The van der Waals surface area contributed by atoms with Gasteiger partial charge in [0.2, 0.25) is 0 Å². The minimum atomic E-state index is -0.220. The first kappa shape index (κ1) is 22.2. The van der Waals surface area contributed by atoms with Crippen molar-refractivity contribution in [1.82, 2.24) is 29.5 Å². The number of likely N-dealkylation sites (N-methyl/N-ethyl adjacent to an activating group) is 1. The summed E-state index contributed by atoms with van der Waals surface area (Å²) in [6.07, 6.45) is 3.34. The summed E-state index contributed by atoms with van der Waals surface area (Å²) < 4.78 is 1.82. The van der Waals surface area contributed by atoms with E-state index in [1.807, 2.05) is 41.6 Å². The van der Waals surface area contributed by atoms with Gasteiger partial charge in [0.25, 0.3) is 11.8 Å². The quantitative estimate of drug-likeness (QED) is 0.596. The third kappa shape index (κ3) is 4.07. The van der Waals surface area contributed by atoms with E-state index in [0.29, 0.717) is 36.7 Å². The maximum absolute atomic E-state index is 13.3. The van der Waals surface area contributed by atoms with E-state index >= 15 is 0 Å². The van der Waals surface area contributed by atoms with Crippen LogP contribution in [-0.4, -0.2) is 81.1 Å². The van der Waals surface area contributed by atoms with Gasteiger partial charge in [-0.15, -0.1) is 0 Å². The number of carbonyl (C=O) groups excluding carboxylic acids is 2. The molecule has 1 aromatic carbocycles. The van der Waals surface area contributed by atoms with Crippen LogP contribution in [0.4, 0.5) is 5.69 Å². The highest BCUT2D eigenvalue weighted by Gasteiger charge is 2.37. The third-order valence-electron chi connectivity index (χ3n) is 6.59. The number of benzene rings is 1. The average Bonchev–Trinajstić information content (AvgIpc) is 3.49. The molecule has 9 heteroatoms. The molecule has 0 N–H and O–H groups in total. The van der Waals surface area contributed by atoms with Gasteiger partial charge in [-0.05, 0) is 56.8 Å². The lowest BCUT2D eigenvalue weighted by Gasteiger charge is -2.32. The summed E-state index contributed by atoms with van der Waals surface area (Å²) in [4.78, 5) is 41.2. The van der Waals surface area contributed by atoms with Crippen molar-refractivity contribution >= 4 is 17.5 Å². The SMILES string of the molecule is CC(C)n1cnc(C2CN(C(=O)c3ccccn3)c3ccc(C(=O)N4CCN(C)CC4)cc32)n1. The number of fused-ring (bicyclic) bond motifs is 1. The van der Waals surface area contributed by atoms with Crippen LogP contribution >= 0.6 is 0 Å². The van der Waals surface area contributed by atoms with E-state index in [4.69, 9.17) is 0 Å². The number of nitrogens with zero attached hydrogens (tertiary/aromatic N) is 7. The second-order valence-electron chi connectivity index (χ2n) is 9.23. The minimum Gasteiger partial charge on any atom is -0.336 e. The van der Waals surface area contributed by atoms with E-state index in [2.05, 4.69) is 27.0 Å². The molecule has 2 aromatic heterocycles. The highest BCUT2D eigenvalue weighted by atomic mass is 16.2. The van der Waals surface area contributed by atoms with Crippen LogP contribution in [0.2, 0.25) is 0 Å². The Morgan fingerprint density at radius 1 is 1.00 bits per heavy atom. The van der Waals surface area contributed by atoms with Gasteiger partial charge in [0.05, 0.1) is 5.92 Å². The first-order valence-corrected chi connectivity index (χ1v) is 11.7. The van der Waals surface area contributed by atoms with Gasteiger partial charge in [-0.1, -0.05) is 6.07 Å². The van der Waals surface area contributed by atoms with Crippen molar-refractivity contribution in [3.63, 3.8) is 0 Å². The molecule has 176 valence electrons. The highest BCUT2D eigenvalue weighted by molar-refractivity contribution is 6.07. The smallest absolute Gasteiger partial charge is 0.276 e. The summed E-state index contributed by atoms with van der Waals surface area (Å²) in [5, 5.41) is 4.68. The van der Waals surface area contributed by atoms with Crippen LogP contribution in [0.3, 0.4) is 0 Å². The van der Waals surface area contributed by atoms with Gasteiger partial charge in [-0.3, -0.25) is 19.3 Å². The molecule has 1 unspecified atom stereocenters. The van der Waals surface area contributed by atoms with Gasteiger partial charge >= 0.3 is 0 Å². The molecular formula is C25H29N7O2. The molecule has 2 aliphatic rings. The van der Waals surface area contributed by atoms with Crippen LogP contribution in [0.25, 0.3) is 0 Å². The fraction of sp³-hybridized carbons (Fsp3) is 0.400. The van der Waals surface area contributed by atoms with Gasteiger partial charge < -0.3 is 14.7 Å². The molecule has 0 saturated carbocycles. The molecule has 4 heterocycles. The first-order valence-electron chi connectivity index (χ1n) is 11.7. The molecule has 0 spiro atoms. The van der Waals surface area contributed by atoms with Crippen molar-refractivity contribution in [3.8, 4) is 0 Å². The molecule has 3 aromatic rings. The highest BCUT2D eigenvalue weighted by Crippen LogP contribution is 2.40. The standard InChI is InChI=1S/C25H29N7O2/c1-17(2)32-16-27-23(28-32)20-15-31(25(34)21-6-4-5-9-26-21)22-8-7-18(14-19(20)22)24(33)30-12-10-29(3)11-13-30/h4-9,14,16-17,20H,10-13,15H2,1-3H3. The number of hydrogen-bond acceptors (Lipinski definition) is 6. The fourth-order valence-corrected chi connectivity index (χ4v) is 4.52. The summed E-state index contributed by atoms with van der Waals surface area (Å²) >= 11 is 0. The zero-order chi connectivity index (χ0) is 23.8. The molecule has 0 radical (unpaired) electrons. The van der Waals surface area contributed by atoms with Gasteiger partial charge in [-0.25, -0.2) is 4.98 Å². The lowest BCUT2D eigenvalue weighted by molar-refractivity contribution is 0.0664. The molecular weight excluding hydrogens is 430 g/mol. The van der Waals surface area contributed by atoms with Crippen molar-refractivity contribution in [1.29, 1.82) is 0 Å². The summed E-state index contributed by atoms with van der Waals surface area (Å²) in [7, 11) is 2.07. The Kier molecular flexibility index (Phi) is 5.87. The molecule has 5 rings (SSSR count). The van der Waals surface area contributed by atoms with E-state index in [1.54, 1.807) is 35.6 Å². The Morgan fingerprint density at radius 2 is 1.79 bits per heavy atom. The monoisotopic (exact) mass is 459 g/mol. The van der Waals surface area contributed by atoms with Crippen LogP contribution in [0.5, 0.6) is 0 Å².